The lowest BCUT2D eigenvalue weighted by atomic mass is 10.0. The Kier molecular flexibility index (Phi) is 52.5. The van der Waals surface area contributed by atoms with Gasteiger partial charge in [0.1, 0.15) is 6.10 Å². The standard InChI is InChI=1S/C61H111NO5/c1-4-7-10-13-16-19-22-25-28-30-33-36-39-42-45-48-51-54-61(66)67-57(52-49-46-43-40-37-34-32-29-26-23-20-17-14-11-8-5-2)55-60(65)62-58(56-63)59(64)53-50-47-44-41-38-35-31-27-24-21-18-15-12-9-6-3/h7,10,16,19,25,28,33,36,42,45,57-59,63-64H,4-6,8-9,11-15,17-18,20-24,26-27,29-32,34-35,37-41,43-44,46-56H2,1-3H3,(H,62,65)/b10-7-,19-16-,28-25-,36-33-,45-42-. The third-order valence-corrected chi connectivity index (χ3v) is 13.1. The van der Waals surface area contributed by atoms with Crippen molar-refractivity contribution in [2.75, 3.05) is 6.61 Å². The van der Waals surface area contributed by atoms with Crippen LogP contribution in [0.4, 0.5) is 0 Å². The molecule has 0 aromatic heterocycles. The number of carbonyl (C=O) groups is 2. The van der Waals surface area contributed by atoms with E-state index in [1.54, 1.807) is 0 Å². The van der Waals surface area contributed by atoms with E-state index in [9.17, 15) is 19.8 Å². The molecule has 0 saturated carbocycles. The van der Waals surface area contributed by atoms with Crippen molar-refractivity contribution in [1.29, 1.82) is 0 Å². The Bertz CT molecular complexity index is 1190. The van der Waals surface area contributed by atoms with E-state index < -0.39 is 18.2 Å². The zero-order chi connectivity index (χ0) is 48.8. The van der Waals surface area contributed by atoms with Crippen LogP contribution in [0.25, 0.3) is 0 Å². The third-order valence-electron chi connectivity index (χ3n) is 13.1. The minimum absolute atomic E-state index is 0.0570. The van der Waals surface area contributed by atoms with E-state index in [2.05, 4.69) is 86.8 Å². The maximum Gasteiger partial charge on any atom is 0.306 e. The normalized spacial score (nSPS) is 13.6. The van der Waals surface area contributed by atoms with Gasteiger partial charge in [-0.25, -0.2) is 0 Å². The summed E-state index contributed by atoms with van der Waals surface area (Å²) in [4.78, 5) is 26.3. The van der Waals surface area contributed by atoms with Crippen LogP contribution < -0.4 is 5.32 Å². The van der Waals surface area contributed by atoms with Crippen LogP contribution in [-0.2, 0) is 14.3 Å². The summed E-state index contributed by atoms with van der Waals surface area (Å²) in [5.41, 5.74) is 0. The van der Waals surface area contributed by atoms with Crippen molar-refractivity contribution in [2.45, 2.75) is 309 Å². The lowest BCUT2D eigenvalue weighted by Crippen LogP contribution is -2.46. The molecule has 390 valence electrons. The predicted octanol–water partition coefficient (Wildman–Crippen LogP) is 18.0. The highest BCUT2D eigenvalue weighted by atomic mass is 16.5. The molecule has 3 atom stereocenters. The van der Waals surface area contributed by atoms with Gasteiger partial charge < -0.3 is 20.3 Å². The Morgan fingerprint density at radius 2 is 0.791 bits per heavy atom. The van der Waals surface area contributed by atoms with Gasteiger partial charge in [0, 0.05) is 6.42 Å². The molecular weight excluding hydrogens is 827 g/mol. The molecule has 1 amide bonds. The monoisotopic (exact) mass is 938 g/mol. The molecule has 0 spiro atoms. The second kappa shape index (κ2) is 54.5. The van der Waals surface area contributed by atoms with E-state index in [0.717, 1.165) is 77.0 Å². The van der Waals surface area contributed by atoms with Gasteiger partial charge in [0.25, 0.3) is 0 Å². The van der Waals surface area contributed by atoms with Gasteiger partial charge in [-0.1, -0.05) is 274 Å². The fraction of sp³-hybridized carbons (Fsp3) is 0.803. The lowest BCUT2D eigenvalue weighted by Gasteiger charge is -2.24. The number of nitrogens with one attached hydrogen (secondary N) is 1. The highest BCUT2D eigenvalue weighted by molar-refractivity contribution is 5.77. The SMILES string of the molecule is CC/C=C\C/C=C\C/C=C\C/C=C\C/C=C\CCCC(=O)OC(CCCCCCCCCCCCCCCCCC)CC(=O)NC(CO)C(O)CCCCCCCCCCCCCCCCC. The van der Waals surface area contributed by atoms with Gasteiger partial charge in [0.15, 0.2) is 0 Å². The van der Waals surface area contributed by atoms with Crippen LogP contribution in [0.3, 0.4) is 0 Å². The molecule has 0 aliphatic rings. The van der Waals surface area contributed by atoms with E-state index in [-0.39, 0.29) is 24.9 Å². The summed E-state index contributed by atoms with van der Waals surface area (Å²) >= 11 is 0. The zero-order valence-electron chi connectivity index (χ0n) is 44.5. The molecule has 0 saturated heterocycles. The van der Waals surface area contributed by atoms with Gasteiger partial charge >= 0.3 is 5.97 Å². The van der Waals surface area contributed by atoms with Gasteiger partial charge in [-0.15, -0.1) is 0 Å². The molecule has 0 aromatic rings. The predicted molar refractivity (Wildman–Crippen MR) is 292 cm³/mol. The van der Waals surface area contributed by atoms with Crippen LogP contribution in [0.5, 0.6) is 0 Å². The van der Waals surface area contributed by atoms with Crippen LogP contribution in [0.1, 0.15) is 290 Å². The summed E-state index contributed by atoms with van der Waals surface area (Å²) in [6.07, 6.45) is 68.6. The van der Waals surface area contributed by atoms with Crippen molar-refractivity contribution in [2.24, 2.45) is 0 Å². The molecule has 0 bridgehead atoms. The summed E-state index contributed by atoms with van der Waals surface area (Å²) in [6.45, 7) is 6.39. The molecule has 67 heavy (non-hydrogen) atoms. The number of aliphatic hydroxyl groups excluding tert-OH is 2. The van der Waals surface area contributed by atoms with E-state index in [1.165, 1.54) is 161 Å². The highest BCUT2D eigenvalue weighted by Crippen LogP contribution is 2.18. The van der Waals surface area contributed by atoms with Crippen molar-refractivity contribution in [1.82, 2.24) is 5.32 Å². The summed E-state index contributed by atoms with van der Waals surface area (Å²) in [7, 11) is 0. The van der Waals surface area contributed by atoms with Crippen molar-refractivity contribution in [3.63, 3.8) is 0 Å². The number of allylic oxidation sites excluding steroid dienone is 10. The molecular formula is C61H111NO5. The van der Waals surface area contributed by atoms with E-state index in [1.807, 2.05) is 0 Å². The minimum Gasteiger partial charge on any atom is -0.462 e. The average Bonchev–Trinajstić information content (AvgIpc) is 3.32. The van der Waals surface area contributed by atoms with Crippen molar-refractivity contribution in [3.8, 4) is 0 Å². The molecule has 6 heteroatoms. The summed E-state index contributed by atoms with van der Waals surface area (Å²) < 4.78 is 5.94. The first-order valence-electron chi connectivity index (χ1n) is 29.0. The number of esters is 1. The molecule has 0 fully saturated rings. The topological polar surface area (TPSA) is 95.9 Å². The van der Waals surface area contributed by atoms with Crippen LogP contribution in [-0.4, -0.2) is 46.9 Å². The molecule has 0 radical (unpaired) electrons. The van der Waals surface area contributed by atoms with Gasteiger partial charge in [-0.05, 0) is 64.2 Å². The second-order valence-electron chi connectivity index (χ2n) is 19.7. The van der Waals surface area contributed by atoms with Crippen LogP contribution in [0, 0.1) is 0 Å². The summed E-state index contributed by atoms with van der Waals surface area (Å²) in [5, 5.41) is 23.9. The fourth-order valence-corrected chi connectivity index (χ4v) is 8.76. The number of unbranched alkanes of at least 4 members (excludes halogenated alkanes) is 30. The Morgan fingerprint density at radius 1 is 0.448 bits per heavy atom. The van der Waals surface area contributed by atoms with E-state index in [4.69, 9.17) is 4.74 Å². The van der Waals surface area contributed by atoms with Gasteiger partial charge in [-0.2, -0.15) is 0 Å². The lowest BCUT2D eigenvalue weighted by molar-refractivity contribution is -0.151. The quantitative estimate of drug-likeness (QED) is 0.0321. The number of amides is 1. The average molecular weight is 939 g/mol. The number of hydrogen-bond donors (Lipinski definition) is 3. The number of ether oxygens (including phenoxy) is 1. The molecule has 3 unspecified atom stereocenters. The molecule has 3 N–H and O–H groups in total. The Labute approximate surface area is 416 Å². The highest BCUT2D eigenvalue weighted by Gasteiger charge is 2.24. The largest absolute Gasteiger partial charge is 0.462 e. The molecule has 0 aliphatic carbocycles. The van der Waals surface area contributed by atoms with E-state index in [0.29, 0.717) is 25.7 Å². The van der Waals surface area contributed by atoms with Gasteiger partial charge in [-0.3, -0.25) is 9.59 Å². The van der Waals surface area contributed by atoms with Crippen molar-refractivity contribution < 1.29 is 24.5 Å². The van der Waals surface area contributed by atoms with Crippen LogP contribution in [0.15, 0.2) is 60.8 Å². The Balaban J connectivity index is 4.63. The summed E-state index contributed by atoms with van der Waals surface area (Å²) in [5.74, 6) is -0.531. The number of rotatable bonds is 52. The maximum absolute atomic E-state index is 13.3. The zero-order valence-corrected chi connectivity index (χ0v) is 44.5. The van der Waals surface area contributed by atoms with Crippen molar-refractivity contribution in [3.05, 3.63) is 60.8 Å². The van der Waals surface area contributed by atoms with Gasteiger partial charge in [0.05, 0.1) is 25.2 Å². The maximum atomic E-state index is 13.3. The fourth-order valence-electron chi connectivity index (χ4n) is 8.76. The Morgan fingerprint density at radius 3 is 1.16 bits per heavy atom. The first kappa shape index (κ1) is 64.6. The van der Waals surface area contributed by atoms with E-state index >= 15 is 0 Å². The number of aliphatic hydroxyl groups is 2. The van der Waals surface area contributed by atoms with Crippen LogP contribution in [0.2, 0.25) is 0 Å². The number of carbonyl (C=O) groups excluding carboxylic acids is 2. The third kappa shape index (κ3) is 49.8. The Hall–Kier alpha value is -2.44. The first-order chi connectivity index (χ1) is 33.0. The van der Waals surface area contributed by atoms with Crippen LogP contribution >= 0.6 is 0 Å². The number of hydrogen-bond acceptors (Lipinski definition) is 5. The first-order valence-corrected chi connectivity index (χ1v) is 29.0. The molecule has 0 heterocycles. The minimum atomic E-state index is -0.798. The molecule has 6 nitrogen and oxygen atoms in total. The molecule has 0 rings (SSSR count). The molecule has 0 aliphatic heterocycles. The second-order valence-corrected chi connectivity index (χ2v) is 19.7. The van der Waals surface area contributed by atoms with Crippen molar-refractivity contribution >= 4 is 11.9 Å². The summed E-state index contributed by atoms with van der Waals surface area (Å²) in [6, 6.07) is -0.713. The molecule has 0 aromatic carbocycles. The smallest absolute Gasteiger partial charge is 0.306 e. The van der Waals surface area contributed by atoms with Gasteiger partial charge in [0.2, 0.25) is 5.91 Å².